The second-order valence-corrected chi connectivity index (χ2v) is 15.4. The quantitative estimate of drug-likeness (QED) is 0.173. The number of ether oxygens (including phenoxy) is 1. The van der Waals surface area contributed by atoms with Gasteiger partial charge in [0.15, 0.2) is 16.9 Å². The Morgan fingerprint density at radius 2 is 1.39 bits per heavy atom. The molecule has 51 heavy (non-hydrogen) atoms. The summed E-state index contributed by atoms with van der Waals surface area (Å²) in [7, 11) is 0. The van der Waals surface area contributed by atoms with E-state index in [0.717, 1.165) is 11.5 Å². The van der Waals surface area contributed by atoms with Crippen LogP contribution in [-0.4, -0.2) is 4.57 Å². The first-order chi connectivity index (χ1) is 25.0. The minimum absolute atomic E-state index is 0.200. The number of rotatable bonds is 2. The van der Waals surface area contributed by atoms with E-state index in [-0.39, 0.29) is 11.3 Å². The molecular formula is C46H32N4O+2. The van der Waals surface area contributed by atoms with Crippen molar-refractivity contribution in [1.29, 1.82) is 0 Å². The third-order valence-corrected chi connectivity index (χ3v) is 12.8. The maximum atomic E-state index is 7.05. The van der Waals surface area contributed by atoms with Gasteiger partial charge in [-0.2, -0.15) is 18.6 Å². The Balaban J connectivity index is 1.29. The van der Waals surface area contributed by atoms with Crippen LogP contribution in [0.3, 0.4) is 0 Å². The van der Waals surface area contributed by atoms with Crippen LogP contribution in [-0.2, 0) is 11.1 Å². The predicted octanol–water partition coefficient (Wildman–Crippen LogP) is 9.63. The van der Waals surface area contributed by atoms with Crippen molar-refractivity contribution in [1.82, 2.24) is 4.57 Å². The molecule has 0 radical (unpaired) electrons. The zero-order valence-electron chi connectivity index (χ0n) is 28.5. The largest absolute Gasteiger partial charge is 0.456 e. The van der Waals surface area contributed by atoms with Crippen molar-refractivity contribution in [3.8, 4) is 28.7 Å². The van der Waals surface area contributed by atoms with Crippen molar-refractivity contribution in [2.75, 3.05) is 4.90 Å². The highest BCUT2D eigenvalue weighted by molar-refractivity contribution is 6.11. The fourth-order valence-corrected chi connectivity index (χ4v) is 10.6. The molecule has 0 bridgehead atoms. The summed E-state index contributed by atoms with van der Waals surface area (Å²) in [5, 5.41) is 2.51. The Bertz CT molecular complexity index is 2960. The predicted molar refractivity (Wildman–Crippen MR) is 199 cm³/mol. The standard InChI is InChI=1S/C46H32N4O/c1-26(27-12-5-4-6-13-27)28-24-37-35-22-21-32-44-47(34-17-10-8-15-31(34)45(32,2)3)36-18-11-19-38-41(36)46(50(35)44)42-39(51-38)23-20-30-29-14-7-9-16-33(29)48(43(30)42)40(25-28)49(37)46/h4-26H,1-3H3/q+2. The molecule has 2 unspecified atom stereocenters. The van der Waals surface area contributed by atoms with Gasteiger partial charge in [0.25, 0.3) is 11.6 Å². The summed E-state index contributed by atoms with van der Waals surface area (Å²) < 4.78 is 14.9. The molecule has 240 valence electrons. The molecule has 0 saturated carbocycles. The van der Waals surface area contributed by atoms with Crippen molar-refractivity contribution in [2.45, 2.75) is 37.8 Å². The Hall–Kier alpha value is -6.20. The third kappa shape index (κ3) is 2.72. The Labute approximate surface area is 294 Å². The fourth-order valence-electron chi connectivity index (χ4n) is 10.6. The first-order valence-electron chi connectivity index (χ1n) is 18.0. The zero-order chi connectivity index (χ0) is 33.5. The molecule has 5 heteroatoms. The molecule has 5 aliphatic rings. The van der Waals surface area contributed by atoms with Crippen LogP contribution in [0, 0.1) is 0 Å². The number of pyridine rings is 2. The highest BCUT2D eigenvalue weighted by Crippen LogP contribution is 2.63. The van der Waals surface area contributed by atoms with E-state index in [0.29, 0.717) is 0 Å². The number of nitrogens with zero attached hydrogens (tertiary/aromatic N) is 4. The van der Waals surface area contributed by atoms with Gasteiger partial charge in [0, 0.05) is 33.7 Å². The van der Waals surface area contributed by atoms with E-state index in [2.05, 4.69) is 173 Å². The minimum atomic E-state index is -0.692. The Morgan fingerprint density at radius 1 is 0.608 bits per heavy atom. The van der Waals surface area contributed by atoms with Crippen molar-refractivity contribution >= 4 is 39.0 Å². The number of aromatic nitrogens is 3. The van der Waals surface area contributed by atoms with E-state index in [1.807, 2.05) is 0 Å². The van der Waals surface area contributed by atoms with Gasteiger partial charge < -0.3 is 4.74 Å². The summed E-state index contributed by atoms with van der Waals surface area (Å²) in [5.74, 6) is 4.45. The zero-order valence-corrected chi connectivity index (χ0v) is 28.5. The number of fused-ring (bicyclic) bond motifs is 8. The topological polar surface area (TPSA) is 25.2 Å². The van der Waals surface area contributed by atoms with Crippen LogP contribution in [0.4, 0.5) is 17.2 Å². The maximum Gasteiger partial charge on any atom is 0.323 e. The van der Waals surface area contributed by atoms with Gasteiger partial charge >= 0.3 is 5.66 Å². The molecule has 8 heterocycles. The Kier molecular flexibility index (Phi) is 4.38. The average molecular weight is 657 g/mol. The lowest BCUT2D eigenvalue weighted by Gasteiger charge is -2.45. The first kappa shape index (κ1) is 26.6. The van der Waals surface area contributed by atoms with E-state index < -0.39 is 5.66 Å². The summed E-state index contributed by atoms with van der Waals surface area (Å²) in [5.41, 5.74) is 14.1. The van der Waals surface area contributed by atoms with E-state index >= 15 is 0 Å². The van der Waals surface area contributed by atoms with Crippen LogP contribution in [0.2, 0.25) is 0 Å². The summed E-state index contributed by atoms with van der Waals surface area (Å²) in [6.45, 7) is 7.13. The summed E-state index contributed by atoms with van der Waals surface area (Å²) in [6.07, 6.45) is 0. The van der Waals surface area contributed by atoms with Gasteiger partial charge in [-0.15, -0.1) is 0 Å². The van der Waals surface area contributed by atoms with Gasteiger partial charge in [-0.25, -0.2) is 0 Å². The number of anilines is 3. The molecular weight excluding hydrogens is 625 g/mol. The lowest BCUT2D eigenvalue weighted by atomic mass is 9.72. The van der Waals surface area contributed by atoms with Gasteiger partial charge in [0.1, 0.15) is 39.5 Å². The summed E-state index contributed by atoms with van der Waals surface area (Å²) >= 11 is 0. The molecule has 0 amide bonds. The highest BCUT2D eigenvalue weighted by Gasteiger charge is 2.71. The van der Waals surface area contributed by atoms with E-state index in [1.165, 1.54) is 89.6 Å². The van der Waals surface area contributed by atoms with Crippen molar-refractivity contribution in [3.63, 3.8) is 0 Å². The second-order valence-electron chi connectivity index (χ2n) is 15.4. The number of hydrogen-bond donors (Lipinski definition) is 0. The second kappa shape index (κ2) is 8.39. The SMILES string of the molecule is CC(c1ccccc1)c1cc2[n+]3c(c1)-n1c4ccccc4c4ccc5c(c41)C31c3c(cccc3N3c4ccccc4C(C)(C)c4ccc-2[n+]1c43)O5. The van der Waals surface area contributed by atoms with Crippen molar-refractivity contribution in [2.24, 2.45) is 0 Å². The normalized spacial score (nSPS) is 18.8. The molecule has 0 fully saturated rings. The van der Waals surface area contributed by atoms with E-state index in [9.17, 15) is 0 Å². The minimum Gasteiger partial charge on any atom is -0.456 e. The van der Waals surface area contributed by atoms with Crippen molar-refractivity contribution < 1.29 is 13.9 Å². The van der Waals surface area contributed by atoms with Crippen LogP contribution < -0.4 is 18.8 Å². The number of hydrogen-bond acceptors (Lipinski definition) is 2. The van der Waals surface area contributed by atoms with Crippen LogP contribution in [0.1, 0.15) is 60.1 Å². The van der Waals surface area contributed by atoms with Gasteiger partial charge in [0.05, 0.1) is 5.56 Å². The van der Waals surface area contributed by atoms with Gasteiger partial charge in [-0.3, -0.25) is 0 Å². The molecule has 1 spiro atoms. The van der Waals surface area contributed by atoms with Gasteiger partial charge in [0.2, 0.25) is 0 Å². The molecule has 8 aromatic rings. The third-order valence-electron chi connectivity index (χ3n) is 12.8. The highest BCUT2D eigenvalue weighted by atomic mass is 16.5. The molecule has 2 atom stereocenters. The molecule has 0 saturated heterocycles. The average Bonchev–Trinajstić information content (AvgIpc) is 3.66. The van der Waals surface area contributed by atoms with Crippen molar-refractivity contribution in [3.05, 3.63) is 167 Å². The molecule has 5 aliphatic heterocycles. The van der Waals surface area contributed by atoms with Crippen LogP contribution >= 0.6 is 0 Å². The first-order valence-corrected chi connectivity index (χ1v) is 18.0. The number of para-hydroxylation sites is 2. The lowest BCUT2D eigenvalue weighted by Crippen LogP contribution is -2.76. The van der Waals surface area contributed by atoms with E-state index in [1.54, 1.807) is 0 Å². The van der Waals surface area contributed by atoms with Gasteiger partial charge in [-0.05, 0) is 71.8 Å². The maximum absolute atomic E-state index is 7.05. The molecule has 0 N–H and O–H groups in total. The lowest BCUT2D eigenvalue weighted by molar-refractivity contribution is -0.932. The smallest absolute Gasteiger partial charge is 0.323 e. The van der Waals surface area contributed by atoms with Gasteiger partial charge in [-0.1, -0.05) is 87.5 Å². The van der Waals surface area contributed by atoms with Crippen LogP contribution in [0.5, 0.6) is 11.5 Å². The monoisotopic (exact) mass is 656 g/mol. The molecule has 5 aromatic carbocycles. The fraction of sp³-hybridized carbons (Fsp3) is 0.130. The molecule has 3 aromatic heterocycles. The van der Waals surface area contributed by atoms with E-state index in [4.69, 9.17) is 4.74 Å². The van der Waals surface area contributed by atoms with Crippen LogP contribution in [0.15, 0.2) is 133 Å². The molecule has 0 aliphatic carbocycles. The molecule has 5 nitrogen and oxygen atoms in total. The summed E-state index contributed by atoms with van der Waals surface area (Å²) in [4.78, 5) is 2.53. The van der Waals surface area contributed by atoms with Crippen LogP contribution in [0.25, 0.3) is 39.0 Å². The Morgan fingerprint density at radius 3 is 2.29 bits per heavy atom. The summed E-state index contributed by atoms with van der Waals surface area (Å²) in [6, 6.07) is 49.7. The molecule has 13 rings (SSSR count). The number of benzene rings is 5.